The Hall–Kier alpha value is -0.580. The summed E-state index contributed by atoms with van der Waals surface area (Å²) in [5.41, 5.74) is 0. The first-order valence-corrected chi connectivity index (χ1v) is 7.46. The van der Waals surface area contributed by atoms with Gasteiger partial charge < -0.3 is 10.2 Å². The van der Waals surface area contributed by atoms with Gasteiger partial charge in [-0.1, -0.05) is 15.9 Å². The number of hydrogen-bond acceptors (Lipinski definition) is 2. The first-order chi connectivity index (χ1) is 8.24. The van der Waals surface area contributed by atoms with Crippen LogP contribution >= 0.6 is 15.9 Å². The molecular weight excluding hydrogens is 284 g/mol. The fourth-order valence-electron chi connectivity index (χ4n) is 1.90. The molecule has 17 heavy (non-hydrogen) atoms. The van der Waals surface area contributed by atoms with E-state index >= 15 is 0 Å². The molecule has 0 aromatic rings. The van der Waals surface area contributed by atoms with Crippen LogP contribution < -0.4 is 5.32 Å². The van der Waals surface area contributed by atoms with Crippen LogP contribution in [0.1, 0.15) is 38.5 Å². The van der Waals surface area contributed by atoms with Gasteiger partial charge in [-0.3, -0.25) is 9.59 Å². The van der Waals surface area contributed by atoms with Gasteiger partial charge in [0.25, 0.3) is 0 Å². The molecule has 0 unspecified atom stereocenters. The first-order valence-electron chi connectivity index (χ1n) is 6.34. The molecule has 0 aliphatic carbocycles. The zero-order valence-electron chi connectivity index (χ0n) is 10.2. The molecule has 2 amide bonds. The summed E-state index contributed by atoms with van der Waals surface area (Å²) >= 11 is 3.33. The molecule has 0 atom stereocenters. The summed E-state index contributed by atoms with van der Waals surface area (Å²) in [7, 11) is 0. The molecule has 0 aromatic carbocycles. The Balaban J connectivity index is 2.02. The summed E-state index contributed by atoms with van der Waals surface area (Å²) in [5, 5.41) is 3.73. The highest BCUT2D eigenvalue weighted by molar-refractivity contribution is 9.09. The van der Waals surface area contributed by atoms with E-state index in [-0.39, 0.29) is 11.8 Å². The minimum atomic E-state index is 0.0557. The predicted molar refractivity (Wildman–Crippen MR) is 71.1 cm³/mol. The highest BCUT2D eigenvalue weighted by atomic mass is 79.9. The van der Waals surface area contributed by atoms with E-state index in [1.807, 2.05) is 4.90 Å². The Morgan fingerprint density at radius 1 is 1.12 bits per heavy atom. The number of carbonyl (C=O) groups excluding carboxylic acids is 2. The van der Waals surface area contributed by atoms with Crippen molar-refractivity contribution in [1.29, 1.82) is 0 Å². The summed E-state index contributed by atoms with van der Waals surface area (Å²) in [6, 6.07) is 0. The SMILES string of the molecule is O=C(CCCCBr)NCCC(=O)N1CCCC1. The molecule has 1 N–H and O–H groups in total. The number of hydrogen-bond donors (Lipinski definition) is 1. The number of carbonyl (C=O) groups is 2. The maximum atomic E-state index is 11.7. The monoisotopic (exact) mass is 304 g/mol. The number of rotatable bonds is 7. The molecule has 5 heteroatoms. The summed E-state index contributed by atoms with van der Waals surface area (Å²) in [4.78, 5) is 24.9. The van der Waals surface area contributed by atoms with Gasteiger partial charge in [0.05, 0.1) is 0 Å². The number of nitrogens with one attached hydrogen (secondary N) is 1. The zero-order valence-corrected chi connectivity index (χ0v) is 11.8. The summed E-state index contributed by atoms with van der Waals surface area (Å²) in [6.45, 7) is 2.25. The van der Waals surface area contributed by atoms with Gasteiger partial charge in [-0.15, -0.1) is 0 Å². The highest BCUT2D eigenvalue weighted by Gasteiger charge is 2.17. The van der Waals surface area contributed by atoms with Gasteiger partial charge in [0.1, 0.15) is 0 Å². The average molecular weight is 305 g/mol. The van der Waals surface area contributed by atoms with Gasteiger partial charge in [-0.25, -0.2) is 0 Å². The van der Waals surface area contributed by atoms with Gasteiger partial charge >= 0.3 is 0 Å². The molecule has 98 valence electrons. The van der Waals surface area contributed by atoms with Crippen molar-refractivity contribution in [2.45, 2.75) is 38.5 Å². The molecule has 0 radical (unpaired) electrons. The molecule has 4 nitrogen and oxygen atoms in total. The highest BCUT2D eigenvalue weighted by Crippen LogP contribution is 2.08. The van der Waals surface area contributed by atoms with Gasteiger partial charge in [-0.05, 0) is 25.7 Å². The van der Waals surface area contributed by atoms with Crippen LogP contribution in [0.25, 0.3) is 0 Å². The van der Waals surface area contributed by atoms with Crippen LogP contribution in [0, 0.1) is 0 Å². The second-order valence-electron chi connectivity index (χ2n) is 4.33. The number of amides is 2. The van der Waals surface area contributed by atoms with Crippen LogP contribution in [0.5, 0.6) is 0 Å². The minimum Gasteiger partial charge on any atom is -0.356 e. The predicted octanol–water partition coefficient (Wildman–Crippen LogP) is 1.68. The van der Waals surface area contributed by atoms with Gasteiger partial charge in [-0.2, -0.15) is 0 Å². The number of unbranched alkanes of at least 4 members (excludes halogenated alkanes) is 1. The Morgan fingerprint density at radius 2 is 1.82 bits per heavy atom. The number of likely N-dealkylation sites (tertiary alicyclic amines) is 1. The molecule has 0 spiro atoms. The van der Waals surface area contributed by atoms with Crippen molar-refractivity contribution >= 4 is 27.7 Å². The van der Waals surface area contributed by atoms with Crippen molar-refractivity contribution in [2.75, 3.05) is 25.0 Å². The Morgan fingerprint density at radius 3 is 2.47 bits per heavy atom. The molecule has 1 rings (SSSR count). The smallest absolute Gasteiger partial charge is 0.224 e. The van der Waals surface area contributed by atoms with E-state index < -0.39 is 0 Å². The van der Waals surface area contributed by atoms with Crippen molar-refractivity contribution in [3.05, 3.63) is 0 Å². The van der Waals surface area contributed by atoms with Crippen molar-refractivity contribution in [3.8, 4) is 0 Å². The quantitative estimate of drug-likeness (QED) is 0.575. The molecule has 1 aliphatic heterocycles. The summed E-state index contributed by atoms with van der Waals surface area (Å²) in [5.74, 6) is 0.225. The van der Waals surface area contributed by atoms with Crippen LogP contribution in [-0.4, -0.2) is 41.7 Å². The van der Waals surface area contributed by atoms with Crippen LogP contribution in [0.4, 0.5) is 0 Å². The van der Waals surface area contributed by atoms with E-state index in [0.29, 0.717) is 19.4 Å². The maximum Gasteiger partial charge on any atom is 0.224 e. The topological polar surface area (TPSA) is 49.4 Å². The van der Waals surface area contributed by atoms with Gasteiger partial charge in [0.15, 0.2) is 0 Å². The molecule has 0 bridgehead atoms. The van der Waals surface area contributed by atoms with Crippen molar-refractivity contribution < 1.29 is 9.59 Å². The van der Waals surface area contributed by atoms with Gasteiger partial charge in [0, 0.05) is 37.8 Å². The fraction of sp³-hybridized carbons (Fsp3) is 0.833. The first kappa shape index (κ1) is 14.5. The fourth-order valence-corrected chi connectivity index (χ4v) is 2.30. The molecule has 1 fully saturated rings. The van der Waals surface area contributed by atoms with Crippen LogP contribution in [0.2, 0.25) is 0 Å². The normalized spacial score (nSPS) is 15.0. The molecular formula is C12H21BrN2O2. The summed E-state index contributed by atoms with van der Waals surface area (Å²) in [6.07, 6.45) is 5.14. The molecule has 0 aromatic heterocycles. The van der Waals surface area contributed by atoms with E-state index in [0.717, 1.165) is 44.1 Å². The molecule has 0 saturated carbocycles. The maximum absolute atomic E-state index is 11.7. The van der Waals surface area contributed by atoms with E-state index in [4.69, 9.17) is 0 Å². The Kier molecular flexibility index (Phi) is 7.24. The van der Waals surface area contributed by atoms with Crippen molar-refractivity contribution in [3.63, 3.8) is 0 Å². The number of nitrogens with zero attached hydrogens (tertiary/aromatic N) is 1. The third kappa shape index (κ3) is 6.05. The van der Waals surface area contributed by atoms with Crippen LogP contribution in [0.15, 0.2) is 0 Å². The molecule has 1 heterocycles. The average Bonchev–Trinajstić information content (AvgIpc) is 2.82. The van der Waals surface area contributed by atoms with E-state index in [1.54, 1.807) is 0 Å². The molecule has 1 saturated heterocycles. The second-order valence-corrected chi connectivity index (χ2v) is 5.13. The largest absolute Gasteiger partial charge is 0.356 e. The Labute approximate surface area is 111 Å². The minimum absolute atomic E-state index is 0.0557. The second kappa shape index (κ2) is 8.50. The Bertz CT molecular complexity index is 253. The number of alkyl halides is 1. The standard InChI is InChI=1S/C12H21BrN2O2/c13-7-2-1-5-11(16)14-8-6-12(17)15-9-3-4-10-15/h1-10H2,(H,14,16). The third-order valence-corrected chi connectivity index (χ3v) is 3.47. The van der Waals surface area contributed by atoms with Crippen LogP contribution in [-0.2, 0) is 9.59 Å². The lowest BCUT2D eigenvalue weighted by molar-refractivity contribution is -0.130. The van der Waals surface area contributed by atoms with E-state index in [2.05, 4.69) is 21.2 Å². The van der Waals surface area contributed by atoms with Crippen LogP contribution in [0.3, 0.4) is 0 Å². The van der Waals surface area contributed by atoms with E-state index in [1.165, 1.54) is 0 Å². The van der Waals surface area contributed by atoms with Gasteiger partial charge in [0.2, 0.25) is 11.8 Å². The summed E-state index contributed by atoms with van der Waals surface area (Å²) < 4.78 is 0. The lowest BCUT2D eigenvalue weighted by Gasteiger charge is -2.15. The van der Waals surface area contributed by atoms with Crippen molar-refractivity contribution in [2.24, 2.45) is 0 Å². The van der Waals surface area contributed by atoms with Crippen molar-refractivity contribution in [1.82, 2.24) is 10.2 Å². The van der Waals surface area contributed by atoms with E-state index in [9.17, 15) is 9.59 Å². The third-order valence-electron chi connectivity index (χ3n) is 2.91. The zero-order chi connectivity index (χ0) is 12.5. The lowest BCUT2D eigenvalue weighted by atomic mass is 10.2. The molecule has 1 aliphatic rings. The number of halogens is 1. The lowest BCUT2D eigenvalue weighted by Crippen LogP contribution is -2.32.